The van der Waals surface area contributed by atoms with Gasteiger partial charge in [0.25, 0.3) is 0 Å². The van der Waals surface area contributed by atoms with Crippen molar-refractivity contribution in [1.82, 2.24) is 0 Å². The van der Waals surface area contributed by atoms with Crippen LogP contribution in [0.4, 0.5) is 0 Å². The molecule has 168 valence electrons. The first-order valence-electron chi connectivity index (χ1n) is 12.4. The predicted octanol–water partition coefficient (Wildman–Crippen LogP) is 8.96. The molecule has 32 heavy (non-hydrogen) atoms. The number of benzene rings is 2. The molecule has 0 radical (unpaired) electrons. The standard InChI is InChI=1S/C31H38S/c1-23-19-27(9-4-5-18-32-3)20-24(2)31(23)30-15-7-11-26(22-30)17-16-25-10-6-12-28-13-8-14-29(28)21-25/h7,10-12,15,19-22H,4-6,8-9,13-14,16-18H2,1-3H3. The monoisotopic (exact) mass is 442 g/mol. The quantitative estimate of drug-likeness (QED) is 0.349. The summed E-state index contributed by atoms with van der Waals surface area (Å²) in [7, 11) is 0. The van der Waals surface area contributed by atoms with Crippen molar-refractivity contribution < 1.29 is 0 Å². The van der Waals surface area contributed by atoms with Crippen molar-refractivity contribution in [1.29, 1.82) is 0 Å². The first-order valence-corrected chi connectivity index (χ1v) is 13.8. The summed E-state index contributed by atoms with van der Waals surface area (Å²) in [6.07, 6.45) is 20.6. The van der Waals surface area contributed by atoms with Gasteiger partial charge in [-0.3, -0.25) is 0 Å². The number of rotatable bonds is 9. The van der Waals surface area contributed by atoms with E-state index in [0.717, 1.165) is 19.3 Å². The molecule has 2 aromatic carbocycles. The van der Waals surface area contributed by atoms with Crippen LogP contribution in [0.2, 0.25) is 0 Å². The number of thioether (sulfide) groups is 1. The van der Waals surface area contributed by atoms with Crippen LogP contribution in [0.5, 0.6) is 0 Å². The van der Waals surface area contributed by atoms with Gasteiger partial charge in [0.15, 0.2) is 0 Å². The summed E-state index contributed by atoms with van der Waals surface area (Å²) in [6, 6.07) is 14.1. The smallest absolute Gasteiger partial charge is 0.00702 e. The summed E-state index contributed by atoms with van der Waals surface area (Å²) < 4.78 is 0. The minimum Gasteiger partial charge on any atom is -0.165 e. The lowest BCUT2D eigenvalue weighted by Crippen LogP contribution is -1.95. The van der Waals surface area contributed by atoms with Crippen LogP contribution in [0.15, 0.2) is 71.3 Å². The van der Waals surface area contributed by atoms with Crippen molar-refractivity contribution in [2.75, 3.05) is 12.0 Å². The molecule has 0 saturated heterocycles. The number of fused-ring (bicyclic) bond motifs is 1. The van der Waals surface area contributed by atoms with Gasteiger partial charge >= 0.3 is 0 Å². The maximum absolute atomic E-state index is 2.49. The SMILES string of the molecule is CSCCCCc1cc(C)c(-c2cccc(CCC3=CCC=C4CCCC4=C3)c2)c(C)c1. The fraction of sp³-hybridized carbons (Fsp3) is 0.419. The fourth-order valence-electron chi connectivity index (χ4n) is 5.40. The zero-order chi connectivity index (χ0) is 22.3. The first-order chi connectivity index (χ1) is 15.6. The van der Waals surface area contributed by atoms with E-state index in [1.165, 1.54) is 83.2 Å². The summed E-state index contributed by atoms with van der Waals surface area (Å²) in [4.78, 5) is 0. The molecule has 2 aliphatic rings. The molecule has 2 aliphatic carbocycles. The molecule has 4 rings (SSSR count). The Labute approximate surface area is 199 Å². The average molecular weight is 443 g/mol. The van der Waals surface area contributed by atoms with Gasteiger partial charge in [0.05, 0.1) is 0 Å². The molecule has 2 aromatic rings. The van der Waals surface area contributed by atoms with E-state index in [0.29, 0.717) is 0 Å². The van der Waals surface area contributed by atoms with Crippen LogP contribution in [-0.2, 0) is 12.8 Å². The summed E-state index contributed by atoms with van der Waals surface area (Å²) in [5.41, 5.74) is 13.3. The van der Waals surface area contributed by atoms with E-state index in [1.54, 1.807) is 11.1 Å². The van der Waals surface area contributed by atoms with Crippen LogP contribution < -0.4 is 0 Å². The van der Waals surface area contributed by atoms with Crippen molar-refractivity contribution in [3.63, 3.8) is 0 Å². The summed E-state index contributed by atoms with van der Waals surface area (Å²) in [6.45, 7) is 4.57. The Bertz CT molecular complexity index is 1010. The number of hydrogen-bond donors (Lipinski definition) is 0. The van der Waals surface area contributed by atoms with Crippen LogP contribution in [0.3, 0.4) is 0 Å². The molecule has 0 heterocycles. The van der Waals surface area contributed by atoms with Crippen LogP contribution in [0.25, 0.3) is 11.1 Å². The zero-order valence-corrected chi connectivity index (χ0v) is 21.0. The number of allylic oxidation sites excluding steroid dienone is 6. The Morgan fingerprint density at radius 3 is 2.44 bits per heavy atom. The Kier molecular flexibility index (Phi) is 8.14. The molecule has 0 N–H and O–H groups in total. The molecule has 0 aliphatic heterocycles. The van der Waals surface area contributed by atoms with Gasteiger partial charge in [-0.2, -0.15) is 11.8 Å². The molecule has 1 saturated carbocycles. The summed E-state index contributed by atoms with van der Waals surface area (Å²) in [5.74, 6) is 1.27. The molecule has 1 fully saturated rings. The van der Waals surface area contributed by atoms with Gasteiger partial charge in [0.1, 0.15) is 0 Å². The van der Waals surface area contributed by atoms with E-state index >= 15 is 0 Å². The largest absolute Gasteiger partial charge is 0.165 e. The molecule has 0 spiro atoms. The highest BCUT2D eigenvalue weighted by Gasteiger charge is 2.15. The second kappa shape index (κ2) is 11.2. The lowest BCUT2D eigenvalue weighted by molar-refractivity contribution is 0.802. The van der Waals surface area contributed by atoms with Gasteiger partial charge in [-0.1, -0.05) is 60.2 Å². The predicted molar refractivity (Wildman–Crippen MR) is 144 cm³/mol. The molecule has 1 heteroatoms. The Morgan fingerprint density at radius 1 is 0.812 bits per heavy atom. The normalized spacial score (nSPS) is 15.7. The number of aryl methyl sites for hydroxylation is 4. The van der Waals surface area contributed by atoms with Gasteiger partial charge in [0.2, 0.25) is 0 Å². The first kappa shape index (κ1) is 23.2. The average Bonchev–Trinajstić information content (AvgIpc) is 3.12. The second-order valence-electron chi connectivity index (χ2n) is 9.52. The summed E-state index contributed by atoms with van der Waals surface area (Å²) in [5, 5.41) is 0. The molecule has 0 atom stereocenters. The van der Waals surface area contributed by atoms with Crippen LogP contribution in [0.1, 0.15) is 67.2 Å². The fourth-order valence-corrected chi connectivity index (χ4v) is 5.89. The van der Waals surface area contributed by atoms with E-state index in [4.69, 9.17) is 0 Å². The molecular weight excluding hydrogens is 404 g/mol. The third kappa shape index (κ3) is 5.87. The maximum Gasteiger partial charge on any atom is -0.00702 e. The van der Waals surface area contributed by atoms with Crippen molar-refractivity contribution in [3.8, 4) is 11.1 Å². The Balaban J connectivity index is 1.45. The van der Waals surface area contributed by atoms with Crippen molar-refractivity contribution in [3.05, 3.63) is 93.6 Å². The Hall–Kier alpha value is -1.99. The molecule has 0 aromatic heterocycles. The number of hydrogen-bond acceptors (Lipinski definition) is 1. The van der Waals surface area contributed by atoms with E-state index in [9.17, 15) is 0 Å². The molecule has 0 bridgehead atoms. The maximum atomic E-state index is 2.49. The molecular formula is C31H38S. The van der Waals surface area contributed by atoms with Crippen LogP contribution in [0, 0.1) is 13.8 Å². The minimum absolute atomic E-state index is 1.10. The highest BCUT2D eigenvalue weighted by molar-refractivity contribution is 7.98. The lowest BCUT2D eigenvalue weighted by Gasteiger charge is -2.14. The van der Waals surface area contributed by atoms with Crippen molar-refractivity contribution in [2.24, 2.45) is 0 Å². The zero-order valence-electron chi connectivity index (χ0n) is 20.2. The minimum atomic E-state index is 1.10. The van der Waals surface area contributed by atoms with E-state index < -0.39 is 0 Å². The van der Waals surface area contributed by atoms with Gasteiger partial charge in [-0.05, 0) is 128 Å². The number of unbranched alkanes of at least 4 members (excludes halogenated alkanes) is 1. The van der Waals surface area contributed by atoms with Gasteiger partial charge < -0.3 is 0 Å². The topological polar surface area (TPSA) is 0 Å². The lowest BCUT2D eigenvalue weighted by atomic mass is 9.91. The van der Waals surface area contributed by atoms with Crippen molar-refractivity contribution in [2.45, 2.75) is 71.6 Å². The van der Waals surface area contributed by atoms with Gasteiger partial charge in [-0.25, -0.2) is 0 Å². The second-order valence-corrected chi connectivity index (χ2v) is 10.5. The summed E-state index contributed by atoms with van der Waals surface area (Å²) >= 11 is 1.95. The third-order valence-corrected chi connectivity index (χ3v) is 7.68. The van der Waals surface area contributed by atoms with Crippen LogP contribution >= 0.6 is 11.8 Å². The van der Waals surface area contributed by atoms with Crippen molar-refractivity contribution >= 4 is 11.8 Å². The van der Waals surface area contributed by atoms with Gasteiger partial charge in [0, 0.05) is 0 Å². The third-order valence-electron chi connectivity index (χ3n) is 6.98. The van der Waals surface area contributed by atoms with Crippen LogP contribution in [-0.4, -0.2) is 12.0 Å². The van der Waals surface area contributed by atoms with Gasteiger partial charge in [-0.15, -0.1) is 0 Å². The molecule has 0 amide bonds. The Morgan fingerprint density at radius 2 is 1.62 bits per heavy atom. The van der Waals surface area contributed by atoms with E-state index in [1.807, 2.05) is 11.8 Å². The van der Waals surface area contributed by atoms with E-state index in [2.05, 4.69) is 74.7 Å². The molecule has 0 unspecified atom stereocenters. The highest BCUT2D eigenvalue weighted by atomic mass is 32.2. The highest BCUT2D eigenvalue weighted by Crippen LogP contribution is 2.34. The van der Waals surface area contributed by atoms with E-state index in [-0.39, 0.29) is 0 Å². The molecule has 0 nitrogen and oxygen atoms in total.